The number of rotatable bonds is 8. The summed E-state index contributed by atoms with van der Waals surface area (Å²) in [5.41, 5.74) is 4.06. The van der Waals surface area contributed by atoms with E-state index >= 15 is 0 Å². The number of H-pyrrole nitrogens is 1. The summed E-state index contributed by atoms with van der Waals surface area (Å²) in [6, 6.07) is 22.5. The number of aryl methyl sites for hydroxylation is 1. The summed E-state index contributed by atoms with van der Waals surface area (Å²) in [5.74, 6) is 0.716. The zero-order valence-electron chi connectivity index (χ0n) is 19.0. The fourth-order valence-corrected chi connectivity index (χ4v) is 4.33. The molecule has 0 spiro atoms. The smallest absolute Gasteiger partial charge is 0.217 e. The number of nitrogens with zero attached hydrogens (tertiary/aromatic N) is 3. The highest BCUT2D eigenvalue weighted by Gasteiger charge is 2.34. The number of imidazole rings is 1. The van der Waals surface area contributed by atoms with Gasteiger partial charge in [-0.05, 0) is 18.9 Å². The maximum atomic E-state index is 6.19. The maximum absolute atomic E-state index is 6.19. The van der Waals surface area contributed by atoms with Crippen LogP contribution in [0.25, 0.3) is 22.5 Å². The molecule has 0 atom stereocenters. The van der Waals surface area contributed by atoms with Gasteiger partial charge in [0.05, 0.1) is 24.6 Å². The van der Waals surface area contributed by atoms with Crippen molar-refractivity contribution >= 4 is 0 Å². The fourth-order valence-electron chi connectivity index (χ4n) is 4.33. The zero-order chi connectivity index (χ0) is 22.5. The van der Waals surface area contributed by atoms with Crippen LogP contribution in [0.4, 0.5) is 0 Å². The Morgan fingerprint density at radius 1 is 0.939 bits per heavy atom. The molecule has 1 saturated heterocycles. The number of hydrogen-bond acceptors (Lipinski definition) is 4. The Kier molecular flexibility index (Phi) is 6.37. The van der Waals surface area contributed by atoms with Crippen molar-refractivity contribution in [3.8, 4) is 22.5 Å². The van der Waals surface area contributed by atoms with Crippen molar-refractivity contribution in [3.05, 3.63) is 84.9 Å². The van der Waals surface area contributed by atoms with Crippen molar-refractivity contribution in [1.82, 2.24) is 19.7 Å². The second-order valence-corrected chi connectivity index (χ2v) is 9.07. The normalized spacial score (nSPS) is 20.7. The van der Waals surface area contributed by atoms with Gasteiger partial charge >= 0.3 is 0 Å². The first-order valence-electron chi connectivity index (χ1n) is 11.6. The highest BCUT2D eigenvalue weighted by molar-refractivity contribution is 5.78. The van der Waals surface area contributed by atoms with Gasteiger partial charge in [-0.2, -0.15) is 5.10 Å². The number of hydrogen-bond donors (Lipinski definition) is 1. The predicted molar refractivity (Wildman–Crippen MR) is 128 cm³/mol. The maximum Gasteiger partial charge on any atom is 0.217 e. The lowest BCUT2D eigenvalue weighted by Crippen LogP contribution is -2.36. The lowest BCUT2D eigenvalue weighted by atomic mass is 9.86. The van der Waals surface area contributed by atoms with Gasteiger partial charge in [0.15, 0.2) is 5.82 Å². The average molecular weight is 443 g/mol. The summed E-state index contributed by atoms with van der Waals surface area (Å²) in [6.07, 6.45) is 6.62. The Bertz CT molecular complexity index is 1070. The van der Waals surface area contributed by atoms with E-state index in [-0.39, 0.29) is 5.41 Å². The van der Waals surface area contributed by atoms with E-state index in [0.29, 0.717) is 19.0 Å². The lowest BCUT2D eigenvalue weighted by molar-refractivity contribution is -0.235. The van der Waals surface area contributed by atoms with Crippen molar-refractivity contribution in [1.29, 1.82) is 0 Å². The molecule has 0 amide bonds. The van der Waals surface area contributed by atoms with Crippen LogP contribution in [-0.4, -0.2) is 33.0 Å². The van der Waals surface area contributed by atoms with Crippen LogP contribution in [0.15, 0.2) is 79.1 Å². The van der Waals surface area contributed by atoms with Gasteiger partial charge in [0.25, 0.3) is 0 Å². The standard InChI is InChI=1S/C27H30N4O2/c1-27(15-8-9-17-31-18-10-16-28-31)19-32-26(33-20-27)25-29-23(21-11-4-2-5-12-21)24(30-25)22-13-6-3-7-14-22/h2-7,10-14,16,18,26H,8-9,15,17,19-20H2,1H3,(H,29,30)/t26-,27+. The molecule has 5 rings (SSSR count). The van der Waals surface area contributed by atoms with Crippen LogP contribution < -0.4 is 0 Å². The Balaban J connectivity index is 1.26. The average Bonchev–Trinajstić information content (AvgIpc) is 3.54. The number of nitrogens with one attached hydrogen (secondary N) is 1. The van der Waals surface area contributed by atoms with Crippen LogP contribution in [-0.2, 0) is 16.0 Å². The predicted octanol–water partition coefficient (Wildman–Crippen LogP) is 5.86. The van der Waals surface area contributed by atoms with Gasteiger partial charge in [0, 0.05) is 35.5 Å². The first kappa shape index (κ1) is 21.6. The van der Waals surface area contributed by atoms with Crippen LogP contribution in [0.5, 0.6) is 0 Å². The molecule has 0 aliphatic carbocycles. The quantitative estimate of drug-likeness (QED) is 0.347. The fraction of sp³-hybridized carbons (Fsp3) is 0.333. The first-order chi connectivity index (χ1) is 16.2. The number of unbranched alkanes of at least 4 members (excludes halogenated alkanes) is 1. The van der Waals surface area contributed by atoms with E-state index in [1.807, 2.05) is 59.5 Å². The molecular formula is C27H30N4O2. The molecule has 1 fully saturated rings. The first-order valence-corrected chi connectivity index (χ1v) is 11.6. The third-order valence-electron chi connectivity index (χ3n) is 6.20. The van der Waals surface area contributed by atoms with Crippen molar-refractivity contribution in [2.45, 2.75) is 39.0 Å². The van der Waals surface area contributed by atoms with Gasteiger partial charge in [-0.25, -0.2) is 4.98 Å². The van der Waals surface area contributed by atoms with Crippen LogP contribution in [0, 0.1) is 5.41 Å². The summed E-state index contributed by atoms with van der Waals surface area (Å²) in [7, 11) is 0. The number of ether oxygens (including phenoxy) is 2. The SMILES string of the molecule is C[C@]1(CCCCn2cccn2)CO[C@@H](c2nc(-c3ccccc3)c(-c3ccccc3)[nH]2)OC1. The van der Waals surface area contributed by atoms with E-state index in [1.54, 1.807) is 0 Å². The molecule has 0 saturated carbocycles. The summed E-state index contributed by atoms with van der Waals surface area (Å²) >= 11 is 0. The highest BCUT2D eigenvalue weighted by atomic mass is 16.7. The van der Waals surface area contributed by atoms with Crippen LogP contribution in [0.1, 0.15) is 38.3 Å². The minimum atomic E-state index is -0.484. The van der Waals surface area contributed by atoms with E-state index in [4.69, 9.17) is 14.5 Å². The molecule has 4 aromatic rings. The summed E-state index contributed by atoms with van der Waals surface area (Å²) in [4.78, 5) is 8.41. The molecule has 1 aliphatic rings. The molecule has 6 heteroatoms. The monoisotopic (exact) mass is 442 g/mol. The third-order valence-corrected chi connectivity index (χ3v) is 6.20. The molecule has 3 heterocycles. The summed E-state index contributed by atoms with van der Waals surface area (Å²) in [6.45, 7) is 4.50. The molecule has 0 bridgehead atoms. The number of aromatic amines is 1. The van der Waals surface area contributed by atoms with Crippen LogP contribution >= 0.6 is 0 Å². The number of benzene rings is 2. The molecular weight excluding hydrogens is 412 g/mol. The van der Waals surface area contributed by atoms with Crippen molar-refractivity contribution in [2.24, 2.45) is 5.41 Å². The van der Waals surface area contributed by atoms with Crippen molar-refractivity contribution in [2.75, 3.05) is 13.2 Å². The van der Waals surface area contributed by atoms with Gasteiger partial charge in [0.1, 0.15) is 0 Å². The number of aromatic nitrogens is 4. The van der Waals surface area contributed by atoms with Crippen molar-refractivity contribution in [3.63, 3.8) is 0 Å². The van der Waals surface area contributed by atoms with Gasteiger partial charge in [-0.15, -0.1) is 0 Å². The summed E-state index contributed by atoms with van der Waals surface area (Å²) in [5, 5.41) is 4.27. The zero-order valence-corrected chi connectivity index (χ0v) is 19.0. The summed E-state index contributed by atoms with van der Waals surface area (Å²) < 4.78 is 14.4. The molecule has 33 heavy (non-hydrogen) atoms. The minimum Gasteiger partial charge on any atom is -0.345 e. The molecule has 6 nitrogen and oxygen atoms in total. The molecule has 0 unspecified atom stereocenters. The van der Waals surface area contributed by atoms with Gasteiger partial charge in [-0.1, -0.05) is 74.0 Å². The van der Waals surface area contributed by atoms with Gasteiger partial charge in [0.2, 0.25) is 6.29 Å². The Labute approximate surface area is 194 Å². The minimum absolute atomic E-state index is 0.0116. The third kappa shape index (κ3) is 5.07. The van der Waals surface area contributed by atoms with Crippen LogP contribution in [0.2, 0.25) is 0 Å². The molecule has 0 radical (unpaired) electrons. The Hall–Kier alpha value is -3.22. The van der Waals surface area contributed by atoms with Gasteiger partial charge in [-0.3, -0.25) is 4.68 Å². The van der Waals surface area contributed by atoms with E-state index in [9.17, 15) is 0 Å². The topological polar surface area (TPSA) is 65.0 Å². The highest BCUT2D eigenvalue weighted by Crippen LogP contribution is 2.37. The van der Waals surface area contributed by atoms with E-state index in [0.717, 1.165) is 48.3 Å². The molecule has 2 aromatic carbocycles. The molecule has 2 aromatic heterocycles. The second-order valence-electron chi connectivity index (χ2n) is 9.07. The molecule has 170 valence electrons. The van der Waals surface area contributed by atoms with E-state index in [1.165, 1.54) is 0 Å². The van der Waals surface area contributed by atoms with Crippen molar-refractivity contribution < 1.29 is 9.47 Å². The Morgan fingerprint density at radius 2 is 1.64 bits per heavy atom. The molecule has 1 aliphatic heterocycles. The molecule has 1 N–H and O–H groups in total. The van der Waals surface area contributed by atoms with E-state index < -0.39 is 6.29 Å². The largest absolute Gasteiger partial charge is 0.345 e. The van der Waals surface area contributed by atoms with Gasteiger partial charge < -0.3 is 14.5 Å². The Morgan fingerprint density at radius 3 is 2.30 bits per heavy atom. The lowest BCUT2D eigenvalue weighted by Gasteiger charge is -2.36. The second kappa shape index (κ2) is 9.73. The van der Waals surface area contributed by atoms with E-state index in [2.05, 4.69) is 41.3 Å². The van der Waals surface area contributed by atoms with Crippen LogP contribution in [0.3, 0.4) is 0 Å².